The molecule has 0 fully saturated rings. The average Bonchev–Trinajstić information content (AvgIpc) is 2.48. The second-order valence-electron chi connectivity index (χ2n) is 28.0. The van der Waals surface area contributed by atoms with E-state index in [2.05, 4.69) is 41.5 Å². The Morgan fingerprint density at radius 3 is 0.723 bits per heavy atom. The van der Waals surface area contributed by atoms with Gasteiger partial charge in [-0.15, -0.1) is 0 Å². The average molecular weight is 1380 g/mol. The van der Waals surface area contributed by atoms with E-state index in [4.69, 9.17) is 37.0 Å². The molecule has 0 saturated carbocycles. The van der Waals surface area contributed by atoms with Crippen molar-refractivity contribution in [2.75, 3.05) is 39.6 Å². The van der Waals surface area contributed by atoms with Gasteiger partial charge < -0.3 is 33.8 Å². The van der Waals surface area contributed by atoms with Crippen LogP contribution in [0.4, 0.5) is 0 Å². The highest BCUT2D eigenvalue weighted by Crippen LogP contribution is 2.45. The van der Waals surface area contributed by atoms with Gasteiger partial charge in [-0.2, -0.15) is 0 Å². The van der Waals surface area contributed by atoms with Crippen LogP contribution in [0.3, 0.4) is 0 Å². The molecule has 3 N–H and O–H groups in total. The normalized spacial score (nSPS) is 14.0. The lowest BCUT2D eigenvalue weighted by atomic mass is 10.0. The number of rotatable bonds is 74. The Morgan fingerprint density at radius 1 is 0.287 bits per heavy atom. The zero-order valence-corrected chi connectivity index (χ0v) is 63.1. The molecular weight excluding hydrogens is 1230 g/mol. The number of carbonyl (C=O) groups is 4. The zero-order valence-electron chi connectivity index (χ0n) is 61.3. The van der Waals surface area contributed by atoms with Gasteiger partial charge in [0.15, 0.2) is 12.2 Å². The number of unbranched alkanes of at least 4 members (excludes halogenated alkanes) is 44. The molecule has 0 spiro atoms. The topological polar surface area (TPSA) is 237 Å². The molecule has 0 aromatic heterocycles. The van der Waals surface area contributed by atoms with Crippen LogP contribution < -0.4 is 0 Å². The molecule has 0 bridgehead atoms. The summed E-state index contributed by atoms with van der Waals surface area (Å²) in [6, 6.07) is 0. The van der Waals surface area contributed by atoms with Crippen LogP contribution in [0.5, 0.6) is 0 Å². The predicted molar refractivity (Wildman–Crippen MR) is 381 cm³/mol. The lowest BCUT2D eigenvalue weighted by molar-refractivity contribution is -0.161. The smallest absolute Gasteiger partial charge is 0.462 e. The van der Waals surface area contributed by atoms with Crippen LogP contribution in [0.2, 0.25) is 0 Å². The summed E-state index contributed by atoms with van der Waals surface area (Å²) in [6.07, 6.45) is 54.5. The molecule has 0 aliphatic rings. The molecule has 0 aliphatic heterocycles. The summed E-state index contributed by atoms with van der Waals surface area (Å²) in [4.78, 5) is 72.7. The van der Waals surface area contributed by atoms with Crippen LogP contribution in [0.25, 0.3) is 0 Å². The van der Waals surface area contributed by atoms with Crippen LogP contribution in [0.1, 0.15) is 388 Å². The number of phosphoric ester groups is 2. The van der Waals surface area contributed by atoms with Crippen LogP contribution >= 0.6 is 15.6 Å². The molecule has 0 radical (unpaired) electrons. The largest absolute Gasteiger partial charge is 0.472 e. The van der Waals surface area contributed by atoms with Gasteiger partial charge in [0.2, 0.25) is 0 Å². The Labute approximate surface area is 575 Å². The summed E-state index contributed by atoms with van der Waals surface area (Å²) in [5.74, 6) is -0.724. The van der Waals surface area contributed by atoms with E-state index in [9.17, 15) is 43.2 Å². The minimum atomic E-state index is -4.96. The second-order valence-corrected chi connectivity index (χ2v) is 30.9. The standard InChI is InChI=1S/C75H146O17P2/c1-7-9-11-13-15-17-19-21-22-23-24-25-26-27-28-30-32-34-39-47-53-59-74(79)91-70(63-85-72(77)57-51-45-38-33-31-29-20-18-16-14-12-10-8-2)65-89-93(81,82)87-61-69(76)62-88-94(83,84)90-66-71(64-86-73(78)58-52-46-42-41-44-50-56-68(5)6)92-75(80)60-54-48-40-36-35-37-43-49-55-67(3)4/h67-71,76H,7-66H2,1-6H3,(H,81,82)(H,83,84)/t69-,70-,71-/m1/s1. The second kappa shape index (κ2) is 66.9. The number of carbonyl (C=O) groups excluding carboxylic acids is 4. The minimum Gasteiger partial charge on any atom is -0.462 e. The number of esters is 4. The van der Waals surface area contributed by atoms with Crippen molar-refractivity contribution in [2.24, 2.45) is 11.8 Å². The van der Waals surface area contributed by atoms with Crippen molar-refractivity contribution in [3.63, 3.8) is 0 Å². The third-order valence-corrected chi connectivity index (χ3v) is 19.4. The molecule has 0 aromatic rings. The molecule has 19 heteroatoms. The Morgan fingerprint density at radius 2 is 0.489 bits per heavy atom. The fourth-order valence-electron chi connectivity index (χ4n) is 11.5. The van der Waals surface area contributed by atoms with Gasteiger partial charge >= 0.3 is 39.5 Å². The van der Waals surface area contributed by atoms with Gasteiger partial charge in [0, 0.05) is 25.7 Å². The van der Waals surface area contributed by atoms with Gasteiger partial charge in [-0.1, -0.05) is 337 Å². The highest BCUT2D eigenvalue weighted by molar-refractivity contribution is 7.47. The molecular formula is C75H146O17P2. The molecule has 0 saturated heterocycles. The van der Waals surface area contributed by atoms with Gasteiger partial charge in [0.1, 0.15) is 19.3 Å². The molecule has 0 aromatic carbocycles. The first kappa shape index (κ1) is 92.1. The summed E-state index contributed by atoms with van der Waals surface area (Å²) in [5.41, 5.74) is 0. The molecule has 0 amide bonds. The molecule has 558 valence electrons. The van der Waals surface area contributed by atoms with E-state index in [0.29, 0.717) is 31.6 Å². The van der Waals surface area contributed by atoms with Crippen molar-refractivity contribution in [2.45, 2.75) is 407 Å². The van der Waals surface area contributed by atoms with Gasteiger partial charge in [0.25, 0.3) is 0 Å². The number of hydrogen-bond donors (Lipinski definition) is 3. The van der Waals surface area contributed by atoms with Crippen LogP contribution in [-0.4, -0.2) is 96.7 Å². The van der Waals surface area contributed by atoms with E-state index in [0.717, 1.165) is 102 Å². The van der Waals surface area contributed by atoms with Crippen molar-refractivity contribution in [1.82, 2.24) is 0 Å². The Kier molecular flexibility index (Phi) is 65.5. The number of ether oxygens (including phenoxy) is 4. The van der Waals surface area contributed by atoms with Crippen LogP contribution in [-0.2, 0) is 65.4 Å². The summed E-state index contributed by atoms with van der Waals surface area (Å²) in [5, 5.41) is 10.6. The molecule has 5 atom stereocenters. The zero-order chi connectivity index (χ0) is 69.3. The number of phosphoric acid groups is 2. The third-order valence-electron chi connectivity index (χ3n) is 17.5. The van der Waals surface area contributed by atoms with Crippen molar-refractivity contribution in [3.8, 4) is 0 Å². The molecule has 17 nitrogen and oxygen atoms in total. The summed E-state index contributed by atoms with van der Waals surface area (Å²) >= 11 is 0. The maximum atomic E-state index is 13.1. The highest BCUT2D eigenvalue weighted by atomic mass is 31.2. The molecule has 0 rings (SSSR count). The van der Waals surface area contributed by atoms with E-state index in [-0.39, 0.29) is 25.7 Å². The summed E-state index contributed by atoms with van der Waals surface area (Å²) < 4.78 is 68.4. The van der Waals surface area contributed by atoms with Gasteiger partial charge in [0.05, 0.1) is 26.4 Å². The van der Waals surface area contributed by atoms with E-state index >= 15 is 0 Å². The Hall–Kier alpha value is -1.94. The quantitative estimate of drug-likeness (QED) is 0.0222. The molecule has 94 heavy (non-hydrogen) atoms. The van der Waals surface area contributed by atoms with E-state index < -0.39 is 97.5 Å². The van der Waals surface area contributed by atoms with Gasteiger partial charge in [-0.3, -0.25) is 37.3 Å². The third kappa shape index (κ3) is 68.6. The summed E-state index contributed by atoms with van der Waals surface area (Å²) in [7, 11) is -9.91. The Bertz CT molecular complexity index is 1820. The fraction of sp³-hybridized carbons (Fsp3) is 0.947. The summed E-state index contributed by atoms with van der Waals surface area (Å²) in [6.45, 7) is 9.46. The van der Waals surface area contributed by atoms with Gasteiger partial charge in [-0.05, 0) is 37.5 Å². The van der Waals surface area contributed by atoms with Crippen LogP contribution in [0.15, 0.2) is 0 Å². The van der Waals surface area contributed by atoms with Crippen molar-refractivity contribution >= 4 is 39.5 Å². The number of aliphatic hydroxyl groups is 1. The van der Waals surface area contributed by atoms with Gasteiger partial charge in [-0.25, -0.2) is 9.13 Å². The van der Waals surface area contributed by atoms with E-state index in [1.54, 1.807) is 0 Å². The monoisotopic (exact) mass is 1380 g/mol. The lowest BCUT2D eigenvalue weighted by Crippen LogP contribution is -2.30. The van der Waals surface area contributed by atoms with Crippen molar-refractivity contribution in [3.05, 3.63) is 0 Å². The first-order valence-corrected chi connectivity index (χ1v) is 42.0. The van der Waals surface area contributed by atoms with E-state index in [1.807, 2.05) is 0 Å². The first-order chi connectivity index (χ1) is 45.4. The molecule has 0 aliphatic carbocycles. The van der Waals surface area contributed by atoms with E-state index in [1.165, 1.54) is 199 Å². The lowest BCUT2D eigenvalue weighted by Gasteiger charge is -2.21. The van der Waals surface area contributed by atoms with Crippen molar-refractivity contribution < 1.29 is 80.2 Å². The number of aliphatic hydroxyl groups excluding tert-OH is 1. The maximum Gasteiger partial charge on any atom is 0.472 e. The highest BCUT2D eigenvalue weighted by Gasteiger charge is 2.30. The number of hydrogen-bond acceptors (Lipinski definition) is 15. The molecule has 0 heterocycles. The van der Waals surface area contributed by atoms with Crippen molar-refractivity contribution in [1.29, 1.82) is 0 Å². The maximum absolute atomic E-state index is 13.1. The van der Waals surface area contributed by atoms with Crippen LogP contribution in [0, 0.1) is 11.8 Å². The SMILES string of the molecule is CCCCCCCCCCCCCCCCCCCCCCCC(=O)O[C@H](COC(=O)CCCCCCCCCCCCCCC)COP(=O)(O)OC[C@@H](O)COP(=O)(O)OC[C@@H](COC(=O)CCCCCCCCC(C)C)OC(=O)CCCCCCCCCCC(C)C. The predicted octanol–water partition coefficient (Wildman–Crippen LogP) is 21.9. The Balaban J connectivity index is 5.18. The first-order valence-electron chi connectivity index (χ1n) is 39.0. The minimum absolute atomic E-state index is 0.104. The fourth-order valence-corrected chi connectivity index (χ4v) is 13.1. The molecule has 2 unspecified atom stereocenters.